The van der Waals surface area contributed by atoms with Crippen molar-refractivity contribution in [3.8, 4) is 5.69 Å². The Balaban J connectivity index is 2.06. The van der Waals surface area contributed by atoms with Crippen molar-refractivity contribution >= 4 is 11.8 Å². The molecule has 0 unspecified atom stereocenters. The summed E-state index contributed by atoms with van der Waals surface area (Å²) in [6, 6.07) is 6.99. The fraction of sp³-hybridized carbons (Fsp3) is 0.214. The number of benzene rings is 1. The molecule has 5 heteroatoms. The Labute approximate surface area is 110 Å². The number of ether oxygens (including phenoxy) is 1. The molecular formula is C14H14N2O3. The zero-order chi connectivity index (χ0) is 13.7. The van der Waals surface area contributed by atoms with Crippen LogP contribution in [0.25, 0.3) is 5.69 Å². The van der Waals surface area contributed by atoms with Gasteiger partial charge in [-0.25, -0.2) is 4.98 Å². The third kappa shape index (κ3) is 3.28. The Morgan fingerprint density at radius 1 is 1.26 bits per heavy atom. The summed E-state index contributed by atoms with van der Waals surface area (Å²) in [6.45, 7) is 1.99. The van der Waals surface area contributed by atoms with E-state index in [2.05, 4.69) is 4.98 Å². The fourth-order valence-electron chi connectivity index (χ4n) is 1.68. The maximum Gasteiger partial charge on any atom is 0.313 e. The quantitative estimate of drug-likeness (QED) is 0.467. The van der Waals surface area contributed by atoms with Crippen molar-refractivity contribution in [1.29, 1.82) is 0 Å². The first-order chi connectivity index (χ1) is 9.20. The average Bonchev–Trinajstić information content (AvgIpc) is 2.93. The molecule has 0 amide bonds. The smallest absolute Gasteiger partial charge is 0.313 e. The van der Waals surface area contributed by atoms with E-state index in [-0.39, 0.29) is 18.8 Å². The van der Waals surface area contributed by atoms with E-state index in [9.17, 15) is 9.59 Å². The van der Waals surface area contributed by atoms with Crippen molar-refractivity contribution in [2.24, 2.45) is 0 Å². The maximum atomic E-state index is 11.8. The first kappa shape index (κ1) is 13.0. The number of aromatic nitrogens is 2. The van der Waals surface area contributed by atoms with Gasteiger partial charge in [0.05, 0.1) is 12.9 Å². The van der Waals surface area contributed by atoms with Gasteiger partial charge in [0.2, 0.25) is 0 Å². The van der Waals surface area contributed by atoms with Crippen LogP contribution in [0.3, 0.4) is 0 Å². The van der Waals surface area contributed by atoms with Crippen LogP contribution in [-0.4, -0.2) is 27.9 Å². The van der Waals surface area contributed by atoms with Crippen LogP contribution >= 0.6 is 0 Å². The molecule has 0 saturated carbocycles. The molecule has 1 aromatic heterocycles. The Kier molecular flexibility index (Phi) is 4.07. The van der Waals surface area contributed by atoms with E-state index in [0.29, 0.717) is 5.56 Å². The van der Waals surface area contributed by atoms with Crippen molar-refractivity contribution in [1.82, 2.24) is 9.55 Å². The summed E-state index contributed by atoms with van der Waals surface area (Å²) in [4.78, 5) is 27.0. The van der Waals surface area contributed by atoms with Crippen molar-refractivity contribution in [2.75, 3.05) is 6.61 Å². The van der Waals surface area contributed by atoms with E-state index in [1.54, 1.807) is 43.7 Å². The van der Waals surface area contributed by atoms with Crippen LogP contribution in [0, 0.1) is 0 Å². The standard InChI is InChI=1S/C14H14N2O3/c1-2-19-14(18)9-13(17)11-3-5-12(6-4-11)16-8-7-15-10-16/h3-8,10H,2,9H2,1H3. The molecule has 2 aromatic rings. The molecule has 0 aliphatic carbocycles. The van der Waals surface area contributed by atoms with Gasteiger partial charge >= 0.3 is 5.97 Å². The molecule has 1 aromatic carbocycles. The van der Waals surface area contributed by atoms with Gasteiger partial charge in [0.25, 0.3) is 0 Å². The largest absolute Gasteiger partial charge is 0.466 e. The van der Waals surface area contributed by atoms with E-state index >= 15 is 0 Å². The summed E-state index contributed by atoms with van der Waals surface area (Å²) in [6.07, 6.45) is 4.95. The SMILES string of the molecule is CCOC(=O)CC(=O)c1ccc(-n2ccnc2)cc1. The van der Waals surface area contributed by atoms with Crippen LogP contribution in [0.2, 0.25) is 0 Å². The number of imidazole rings is 1. The second-order valence-corrected chi connectivity index (χ2v) is 3.92. The monoisotopic (exact) mass is 258 g/mol. The molecular weight excluding hydrogens is 244 g/mol. The van der Waals surface area contributed by atoms with Crippen LogP contribution in [-0.2, 0) is 9.53 Å². The summed E-state index contributed by atoms with van der Waals surface area (Å²) in [5, 5.41) is 0. The van der Waals surface area contributed by atoms with E-state index in [1.807, 2.05) is 10.8 Å². The molecule has 98 valence electrons. The molecule has 0 saturated heterocycles. The van der Waals surface area contributed by atoms with Gasteiger partial charge in [0.15, 0.2) is 5.78 Å². The van der Waals surface area contributed by atoms with Gasteiger partial charge in [-0.2, -0.15) is 0 Å². The normalized spacial score (nSPS) is 10.2. The van der Waals surface area contributed by atoms with Crippen LogP contribution in [0.5, 0.6) is 0 Å². The number of ketones is 1. The van der Waals surface area contributed by atoms with Crippen molar-refractivity contribution in [3.63, 3.8) is 0 Å². The molecule has 2 rings (SSSR count). The highest BCUT2D eigenvalue weighted by molar-refractivity contribution is 6.06. The highest BCUT2D eigenvalue weighted by atomic mass is 16.5. The number of nitrogens with zero attached hydrogens (tertiary/aromatic N) is 2. The second-order valence-electron chi connectivity index (χ2n) is 3.92. The molecule has 0 aliphatic heterocycles. The summed E-state index contributed by atoms with van der Waals surface area (Å²) in [7, 11) is 0. The molecule has 0 fully saturated rings. The summed E-state index contributed by atoms with van der Waals surface area (Å²) in [5.74, 6) is -0.734. The average molecular weight is 258 g/mol. The van der Waals surface area contributed by atoms with Gasteiger partial charge in [0.1, 0.15) is 6.42 Å². The number of hydrogen-bond donors (Lipinski definition) is 0. The molecule has 0 bridgehead atoms. The lowest BCUT2D eigenvalue weighted by Crippen LogP contribution is -2.11. The van der Waals surface area contributed by atoms with E-state index in [0.717, 1.165) is 5.69 Å². The van der Waals surface area contributed by atoms with Crippen molar-refractivity contribution < 1.29 is 14.3 Å². The van der Waals surface area contributed by atoms with Gasteiger partial charge in [-0.05, 0) is 31.2 Å². The molecule has 1 heterocycles. The zero-order valence-corrected chi connectivity index (χ0v) is 10.6. The minimum absolute atomic E-state index is 0.224. The Morgan fingerprint density at radius 3 is 2.58 bits per heavy atom. The number of esters is 1. The highest BCUT2D eigenvalue weighted by Gasteiger charge is 2.12. The van der Waals surface area contributed by atoms with E-state index < -0.39 is 5.97 Å². The van der Waals surface area contributed by atoms with Gasteiger partial charge in [0, 0.05) is 23.6 Å². The molecule has 0 N–H and O–H groups in total. The van der Waals surface area contributed by atoms with Gasteiger partial charge in [-0.3, -0.25) is 9.59 Å². The Morgan fingerprint density at radius 2 is 2.00 bits per heavy atom. The second kappa shape index (κ2) is 5.95. The topological polar surface area (TPSA) is 61.2 Å². The predicted octanol–water partition coefficient (Wildman–Crippen LogP) is 2.01. The Hall–Kier alpha value is -2.43. The lowest BCUT2D eigenvalue weighted by molar-refractivity contribution is -0.141. The molecule has 0 radical (unpaired) electrons. The molecule has 0 aliphatic rings. The number of rotatable bonds is 5. The predicted molar refractivity (Wildman–Crippen MR) is 69.1 cm³/mol. The van der Waals surface area contributed by atoms with Gasteiger partial charge in [-0.15, -0.1) is 0 Å². The number of Topliss-reactive ketones (excluding diaryl/α,β-unsaturated/α-hetero) is 1. The van der Waals surface area contributed by atoms with Crippen molar-refractivity contribution in [2.45, 2.75) is 13.3 Å². The lowest BCUT2D eigenvalue weighted by Gasteiger charge is -2.04. The number of carbonyl (C=O) groups is 2. The summed E-state index contributed by atoms with van der Waals surface area (Å²) >= 11 is 0. The molecule has 0 atom stereocenters. The fourth-order valence-corrected chi connectivity index (χ4v) is 1.68. The third-order valence-corrected chi connectivity index (χ3v) is 2.60. The minimum Gasteiger partial charge on any atom is -0.466 e. The number of carbonyl (C=O) groups excluding carboxylic acids is 2. The highest BCUT2D eigenvalue weighted by Crippen LogP contribution is 2.11. The van der Waals surface area contributed by atoms with Crippen LogP contribution in [0.4, 0.5) is 0 Å². The maximum absolute atomic E-state index is 11.8. The zero-order valence-electron chi connectivity index (χ0n) is 10.6. The summed E-state index contributed by atoms with van der Waals surface area (Å²) < 4.78 is 6.58. The molecule has 19 heavy (non-hydrogen) atoms. The van der Waals surface area contributed by atoms with Crippen LogP contribution < -0.4 is 0 Å². The first-order valence-electron chi connectivity index (χ1n) is 5.98. The van der Waals surface area contributed by atoms with E-state index in [4.69, 9.17) is 4.74 Å². The lowest BCUT2D eigenvalue weighted by atomic mass is 10.1. The van der Waals surface area contributed by atoms with Gasteiger partial charge < -0.3 is 9.30 Å². The van der Waals surface area contributed by atoms with E-state index in [1.165, 1.54) is 0 Å². The number of hydrogen-bond acceptors (Lipinski definition) is 4. The Bertz CT molecular complexity index is 559. The minimum atomic E-state index is -0.494. The molecule has 5 nitrogen and oxygen atoms in total. The molecule has 0 spiro atoms. The first-order valence-corrected chi connectivity index (χ1v) is 5.98. The van der Waals surface area contributed by atoms with Crippen LogP contribution in [0.1, 0.15) is 23.7 Å². The van der Waals surface area contributed by atoms with Crippen molar-refractivity contribution in [3.05, 3.63) is 48.5 Å². The van der Waals surface area contributed by atoms with Gasteiger partial charge in [-0.1, -0.05) is 0 Å². The summed E-state index contributed by atoms with van der Waals surface area (Å²) in [5.41, 5.74) is 1.40. The van der Waals surface area contributed by atoms with Crippen LogP contribution in [0.15, 0.2) is 43.0 Å². The third-order valence-electron chi connectivity index (χ3n) is 2.60.